The summed E-state index contributed by atoms with van der Waals surface area (Å²) in [6.45, 7) is 2.01. The third-order valence-electron chi connectivity index (χ3n) is 2.87. The molecule has 1 aromatic rings. The van der Waals surface area contributed by atoms with Gasteiger partial charge in [-0.2, -0.15) is 0 Å². The van der Waals surface area contributed by atoms with Crippen molar-refractivity contribution < 1.29 is 14.3 Å². The van der Waals surface area contributed by atoms with Crippen molar-refractivity contribution in [2.45, 2.75) is 12.7 Å². The Morgan fingerprint density at radius 2 is 1.89 bits per heavy atom. The predicted octanol–water partition coefficient (Wildman–Crippen LogP) is 1.62. The Morgan fingerprint density at radius 3 is 2.47 bits per heavy atom. The van der Waals surface area contributed by atoms with Crippen LogP contribution in [0.3, 0.4) is 0 Å². The number of carbonyl (C=O) groups is 1. The number of benzene rings is 1. The molecule has 1 amide bonds. The second kappa shape index (κ2) is 6.65. The molecule has 0 aliphatic carbocycles. The molecule has 0 aromatic heterocycles. The van der Waals surface area contributed by atoms with Crippen LogP contribution in [0.4, 0.5) is 5.69 Å². The topological polar surface area (TPSA) is 50.8 Å². The van der Waals surface area contributed by atoms with Gasteiger partial charge in [0.2, 0.25) is 5.91 Å². The van der Waals surface area contributed by atoms with E-state index >= 15 is 0 Å². The van der Waals surface area contributed by atoms with Gasteiger partial charge in [0.05, 0.1) is 13.2 Å². The molecule has 1 saturated heterocycles. The van der Waals surface area contributed by atoms with Crippen LogP contribution in [0.2, 0.25) is 0 Å². The third-order valence-corrected chi connectivity index (χ3v) is 2.87. The number of anilines is 1. The van der Waals surface area contributed by atoms with E-state index in [-0.39, 0.29) is 12.2 Å². The Kier molecular flexibility index (Phi) is 4.90. The molecule has 1 aliphatic heterocycles. The second-order valence-corrected chi connectivity index (χ2v) is 4.80. The number of hydrogen-bond donors (Lipinski definition) is 1. The molecule has 2 rings (SSSR count). The molecule has 1 heterocycles. The van der Waals surface area contributed by atoms with Crippen LogP contribution < -0.4 is 5.32 Å². The van der Waals surface area contributed by atoms with Gasteiger partial charge in [-0.3, -0.25) is 4.79 Å². The summed E-state index contributed by atoms with van der Waals surface area (Å²) in [5.74, 6) is 0.0230. The Hall–Kier alpha value is -1.43. The van der Waals surface area contributed by atoms with Crippen molar-refractivity contribution >= 4 is 11.6 Å². The van der Waals surface area contributed by atoms with Gasteiger partial charge >= 0.3 is 0 Å². The Bertz CT molecular complexity index is 411. The number of carbonyl (C=O) groups excluding carboxylic acids is 1. The maximum Gasteiger partial charge on any atom is 0.225 e. The number of rotatable bonds is 5. The van der Waals surface area contributed by atoms with E-state index in [0.29, 0.717) is 19.6 Å². The molecule has 1 N–H and O–H groups in total. The van der Waals surface area contributed by atoms with Gasteiger partial charge < -0.3 is 19.7 Å². The molecule has 19 heavy (non-hydrogen) atoms. The quantitative estimate of drug-likeness (QED) is 0.878. The second-order valence-electron chi connectivity index (χ2n) is 4.80. The molecule has 0 saturated carbocycles. The maximum atomic E-state index is 11.7. The van der Waals surface area contributed by atoms with Gasteiger partial charge in [-0.1, -0.05) is 12.1 Å². The summed E-state index contributed by atoms with van der Waals surface area (Å²) in [5.41, 5.74) is 1.77. The summed E-state index contributed by atoms with van der Waals surface area (Å²) < 4.78 is 10.8. The van der Waals surface area contributed by atoms with Gasteiger partial charge in [-0.15, -0.1) is 0 Å². The fourth-order valence-corrected chi connectivity index (χ4v) is 1.82. The van der Waals surface area contributed by atoms with Crippen molar-refractivity contribution in [3.8, 4) is 0 Å². The molecule has 0 atom stereocenters. The summed E-state index contributed by atoms with van der Waals surface area (Å²) in [7, 11) is 3.90. The van der Waals surface area contributed by atoms with Gasteiger partial charge in [0, 0.05) is 24.2 Å². The zero-order valence-electron chi connectivity index (χ0n) is 11.4. The van der Waals surface area contributed by atoms with Gasteiger partial charge in [-0.25, -0.2) is 0 Å². The van der Waals surface area contributed by atoms with E-state index in [9.17, 15) is 4.79 Å². The fourth-order valence-electron chi connectivity index (χ4n) is 1.82. The van der Waals surface area contributed by atoms with Crippen molar-refractivity contribution in [2.24, 2.45) is 0 Å². The van der Waals surface area contributed by atoms with Crippen LogP contribution in [-0.2, 0) is 14.3 Å². The Balaban J connectivity index is 1.86. The van der Waals surface area contributed by atoms with Crippen LogP contribution in [0.1, 0.15) is 18.3 Å². The lowest BCUT2D eigenvalue weighted by molar-refractivity contribution is -0.116. The minimum atomic E-state index is -0.265. The van der Waals surface area contributed by atoms with Crippen molar-refractivity contribution in [3.63, 3.8) is 0 Å². The van der Waals surface area contributed by atoms with Crippen LogP contribution in [0.25, 0.3) is 0 Å². The number of ether oxygens (including phenoxy) is 2. The highest BCUT2D eigenvalue weighted by Crippen LogP contribution is 2.24. The van der Waals surface area contributed by atoms with E-state index < -0.39 is 0 Å². The maximum absolute atomic E-state index is 11.7. The van der Waals surface area contributed by atoms with Crippen LogP contribution in [0.15, 0.2) is 24.3 Å². The SMILES string of the molecule is CN(C)CCC(=O)Nc1ccc(C2OCCO2)cc1. The lowest BCUT2D eigenvalue weighted by Crippen LogP contribution is -2.20. The van der Waals surface area contributed by atoms with Crippen LogP contribution in [0, 0.1) is 0 Å². The highest BCUT2D eigenvalue weighted by atomic mass is 16.7. The number of hydrogen-bond acceptors (Lipinski definition) is 4. The van der Waals surface area contributed by atoms with Crippen molar-refractivity contribution in [1.82, 2.24) is 4.90 Å². The third kappa shape index (κ3) is 4.31. The Labute approximate surface area is 113 Å². The normalized spacial score (nSPS) is 15.9. The number of nitrogens with zero attached hydrogens (tertiary/aromatic N) is 1. The molecule has 1 aromatic carbocycles. The Morgan fingerprint density at radius 1 is 1.26 bits per heavy atom. The molecular formula is C14H20N2O3. The molecule has 5 heteroatoms. The van der Waals surface area contributed by atoms with Gasteiger partial charge in [0.15, 0.2) is 6.29 Å². The standard InChI is InChI=1S/C14H20N2O3/c1-16(2)8-7-13(17)15-12-5-3-11(4-6-12)14-18-9-10-19-14/h3-6,14H,7-10H2,1-2H3,(H,15,17). The molecule has 1 fully saturated rings. The van der Waals surface area contributed by atoms with Crippen molar-refractivity contribution in [3.05, 3.63) is 29.8 Å². The predicted molar refractivity (Wildman–Crippen MR) is 72.9 cm³/mol. The first-order valence-electron chi connectivity index (χ1n) is 6.43. The molecular weight excluding hydrogens is 244 g/mol. The van der Waals surface area contributed by atoms with E-state index in [1.54, 1.807) is 0 Å². The monoisotopic (exact) mass is 264 g/mol. The van der Waals surface area contributed by atoms with Crippen LogP contribution >= 0.6 is 0 Å². The molecule has 1 aliphatic rings. The van der Waals surface area contributed by atoms with Crippen LogP contribution in [0.5, 0.6) is 0 Å². The van der Waals surface area contributed by atoms with E-state index in [2.05, 4.69) is 5.32 Å². The fraction of sp³-hybridized carbons (Fsp3) is 0.500. The lowest BCUT2D eigenvalue weighted by Gasteiger charge is -2.11. The van der Waals surface area contributed by atoms with E-state index in [0.717, 1.165) is 17.8 Å². The summed E-state index contributed by atoms with van der Waals surface area (Å²) in [5, 5.41) is 2.87. The zero-order valence-corrected chi connectivity index (χ0v) is 11.4. The van der Waals surface area contributed by atoms with Crippen LogP contribution in [-0.4, -0.2) is 44.7 Å². The first-order chi connectivity index (χ1) is 9.15. The van der Waals surface area contributed by atoms with Gasteiger partial charge in [0.1, 0.15) is 0 Å². The first kappa shape index (κ1) is 14.0. The van der Waals surface area contributed by atoms with Gasteiger partial charge in [0.25, 0.3) is 0 Å². The molecule has 5 nitrogen and oxygen atoms in total. The highest BCUT2D eigenvalue weighted by Gasteiger charge is 2.17. The van der Waals surface area contributed by atoms with Gasteiger partial charge in [-0.05, 0) is 26.2 Å². The minimum absolute atomic E-state index is 0.0230. The molecule has 0 radical (unpaired) electrons. The van der Waals surface area contributed by atoms with E-state index in [1.165, 1.54) is 0 Å². The minimum Gasteiger partial charge on any atom is -0.346 e. The lowest BCUT2D eigenvalue weighted by atomic mass is 10.2. The van der Waals surface area contributed by atoms with E-state index in [4.69, 9.17) is 9.47 Å². The molecule has 0 spiro atoms. The summed E-state index contributed by atoms with van der Waals surface area (Å²) in [6, 6.07) is 7.57. The first-order valence-corrected chi connectivity index (χ1v) is 6.43. The average Bonchev–Trinajstić information content (AvgIpc) is 2.91. The number of amides is 1. The van der Waals surface area contributed by atoms with Crippen molar-refractivity contribution in [1.29, 1.82) is 0 Å². The summed E-state index contributed by atoms with van der Waals surface area (Å²) >= 11 is 0. The van der Waals surface area contributed by atoms with Crippen molar-refractivity contribution in [2.75, 3.05) is 39.2 Å². The summed E-state index contributed by atoms with van der Waals surface area (Å²) in [6.07, 6.45) is 0.224. The molecule has 0 bridgehead atoms. The molecule has 0 unspecified atom stereocenters. The number of nitrogens with one attached hydrogen (secondary N) is 1. The average molecular weight is 264 g/mol. The highest BCUT2D eigenvalue weighted by molar-refractivity contribution is 5.90. The zero-order chi connectivity index (χ0) is 13.7. The smallest absolute Gasteiger partial charge is 0.225 e. The largest absolute Gasteiger partial charge is 0.346 e. The summed E-state index contributed by atoms with van der Waals surface area (Å²) in [4.78, 5) is 13.7. The van der Waals surface area contributed by atoms with E-state index in [1.807, 2.05) is 43.3 Å². The molecule has 104 valence electrons.